The van der Waals surface area contributed by atoms with Gasteiger partial charge in [0.15, 0.2) is 0 Å². The summed E-state index contributed by atoms with van der Waals surface area (Å²) >= 11 is 7.41. The molecule has 1 amide bonds. The molecule has 0 aliphatic carbocycles. The molecule has 0 saturated carbocycles. The lowest BCUT2D eigenvalue weighted by molar-refractivity contribution is -0.117. The van der Waals surface area contributed by atoms with Gasteiger partial charge in [-0.3, -0.25) is 14.4 Å². The number of halogens is 1. The highest BCUT2D eigenvalue weighted by Gasteiger charge is 2.32. The number of sulfonamides is 1. The van der Waals surface area contributed by atoms with E-state index in [1.165, 1.54) is 11.3 Å². The lowest BCUT2D eigenvalue weighted by atomic mass is 10.1. The minimum absolute atomic E-state index is 0.259. The first-order chi connectivity index (χ1) is 14.2. The number of amides is 1. The van der Waals surface area contributed by atoms with Crippen LogP contribution in [0.5, 0.6) is 0 Å². The van der Waals surface area contributed by atoms with E-state index in [0.29, 0.717) is 20.8 Å². The predicted molar refractivity (Wildman–Crippen MR) is 122 cm³/mol. The Bertz CT molecular complexity index is 1150. The average Bonchev–Trinajstić information content (AvgIpc) is 3.16. The topological polar surface area (TPSA) is 92.3 Å². The van der Waals surface area contributed by atoms with Crippen molar-refractivity contribution in [2.45, 2.75) is 26.3 Å². The number of hydrogen-bond donors (Lipinski definition) is 1. The highest BCUT2D eigenvalue weighted by atomic mass is 35.5. The quantitative estimate of drug-likeness (QED) is 0.561. The van der Waals surface area contributed by atoms with Crippen LogP contribution in [-0.4, -0.2) is 36.8 Å². The molecule has 1 atom stereocenters. The van der Waals surface area contributed by atoms with Gasteiger partial charge in [0.2, 0.25) is 21.1 Å². The molecule has 7 nitrogen and oxygen atoms in total. The van der Waals surface area contributed by atoms with Gasteiger partial charge in [0.05, 0.1) is 11.9 Å². The van der Waals surface area contributed by atoms with Gasteiger partial charge in [0.25, 0.3) is 0 Å². The van der Waals surface area contributed by atoms with Crippen LogP contribution in [0.2, 0.25) is 5.02 Å². The number of nitrogens with one attached hydrogen (secondary N) is 1. The number of benzene rings is 2. The number of hydrogen-bond acceptors (Lipinski definition) is 6. The Morgan fingerprint density at radius 3 is 2.50 bits per heavy atom. The SMILES string of the molecule is CC[C@@H](C(=O)Nc1nnc(-c2ccccc2)s1)N(c1ccc(C)c(Cl)c1)S(C)(=O)=O. The van der Waals surface area contributed by atoms with Gasteiger partial charge < -0.3 is 0 Å². The molecule has 0 radical (unpaired) electrons. The molecule has 3 aromatic rings. The van der Waals surface area contributed by atoms with Crippen molar-refractivity contribution in [1.29, 1.82) is 0 Å². The van der Waals surface area contributed by atoms with Crippen LogP contribution in [0, 0.1) is 6.92 Å². The summed E-state index contributed by atoms with van der Waals surface area (Å²) in [6.07, 6.45) is 1.32. The standard InChI is InChI=1S/C20H21ClN4O3S2/c1-4-17(25(30(3,27)28)15-11-10-13(2)16(21)12-15)18(26)22-20-24-23-19(29-20)14-8-6-5-7-9-14/h5-12,17H,4H2,1-3H3,(H,22,24,26)/t17-/m0/s1. The van der Waals surface area contributed by atoms with Crippen molar-refractivity contribution in [3.8, 4) is 10.6 Å². The van der Waals surface area contributed by atoms with Crippen molar-refractivity contribution < 1.29 is 13.2 Å². The van der Waals surface area contributed by atoms with Crippen LogP contribution in [-0.2, 0) is 14.8 Å². The zero-order valence-electron chi connectivity index (χ0n) is 16.7. The van der Waals surface area contributed by atoms with E-state index < -0.39 is 22.0 Å². The fourth-order valence-electron chi connectivity index (χ4n) is 2.94. The van der Waals surface area contributed by atoms with E-state index in [-0.39, 0.29) is 6.42 Å². The fourth-order valence-corrected chi connectivity index (χ4v) is 5.07. The molecule has 0 aliphatic heterocycles. The van der Waals surface area contributed by atoms with E-state index in [0.717, 1.165) is 21.7 Å². The van der Waals surface area contributed by atoms with Gasteiger partial charge in [-0.25, -0.2) is 8.42 Å². The Kier molecular flexibility index (Phi) is 6.74. The summed E-state index contributed by atoms with van der Waals surface area (Å²) in [5, 5.41) is 12.2. The van der Waals surface area contributed by atoms with Gasteiger partial charge in [-0.1, -0.05) is 66.3 Å². The van der Waals surface area contributed by atoms with Gasteiger partial charge in [0.1, 0.15) is 11.0 Å². The first-order valence-corrected chi connectivity index (χ1v) is 12.2. The minimum Gasteiger partial charge on any atom is -0.299 e. The summed E-state index contributed by atoms with van der Waals surface area (Å²) in [5.41, 5.74) is 2.03. The van der Waals surface area contributed by atoms with E-state index >= 15 is 0 Å². The monoisotopic (exact) mass is 464 g/mol. The average molecular weight is 465 g/mol. The van der Waals surface area contributed by atoms with Crippen molar-refractivity contribution in [3.05, 3.63) is 59.1 Å². The van der Waals surface area contributed by atoms with E-state index in [1.54, 1.807) is 25.1 Å². The highest BCUT2D eigenvalue weighted by Crippen LogP contribution is 2.29. The number of aromatic nitrogens is 2. The Morgan fingerprint density at radius 2 is 1.90 bits per heavy atom. The molecular formula is C20H21ClN4O3S2. The van der Waals surface area contributed by atoms with Crippen LogP contribution in [0.4, 0.5) is 10.8 Å². The van der Waals surface area contributed by atoms with Crippen LogP contribution < -0.4 is 9.62 Å². The lowest BCUT2D eigenvalue weighted by Crippen LogP contribution is -2.47. The molecule has 0 spiro atoms. The van der Waals surface area contributed by atoms with E-state index in [2.05, 4.69) is 15.5 Å². The van der Waals surface area contributed by atoms with Gasteiger partial charge in [-0.2, -0.15) is 0 Å². The molecule has 0 saturated heterocycles. The van der Waals surface area contributed by atoms with Gasteiger partial charge >= 0.3 is 0 Å². The summed E-state index contributed by atoms with van der Waals surface area (Å²) in [6.45, 7) is 3.56. The van der Waals surface area contributed by atoms with E-state index in [4.69, 9.17) is 11.6 Å². The number of carbonyl (C=O) groups excluding carboxylic acids is 1. The number of rotatable bonds is 7. The maximum Gasteiger partial charge on any atom is 0.250 e. The number of nitrogens with zero attached hydrogens (tertiary/aromatic N) is 3. The Labute approximate surface area is 184 Å². The number of carbonyl (C=O) groups is 1. The molecule has 1 N–H and O–H groups in total. The van der Waals surface area contributed by atoms with Crippen LogP contribution in [0.1, 0.15) is 18.9 Å². The zero-order valence-corrected chi connectivity index (χ0v) is 19.1. The van der Waals surface area contributed by atoms with Crippen molar-refractivity contribution in [1.82, 2.24) is 10.2 Å². The van der Waals surface area contributed by atoms with E-state index in [9.17, 15) is 13.2 Å². The summed E-state index contributed by atoms with van der Waals surface area (Å²) < 4.78 is 26.2. The maximum atomic E-state index is 13.0. The summed E-state index contributed by atoms with van der Waals surface area (Å²) in [6, 6.07) is 13.4. The minimum atomic E-state index is -3.75. The lowest BCUT2D eigenvalue weighted by Gasteiger charge is -2.30. The summed E-state index contributed by atoms with van der Waals surface area (Å²) in [4.78, 5) is 13.0. The Morgan fingerprint density at radius 1 is 1.20 bits per heavy atom. The zero-order chi connectivity index (χ0) is 21.9. The first kappa shape index (κ1) is 22.2. The Hall–Kier alpha value is -2.49. The fraction of sp³-hybridized carbons (Fsp3) is 0.250. The molecule has 2 aromatic carbocycles. The molecule has 0 fully saturated rings. The van der Waals surface area contributed by atoms with Crippen LogP contribution >= 0.6 is 22.9 Å². The third-order valence-corrected chi connectivity index (χ3v) is 6.89. The molecular weight excluding hydrogens is 444 g/mol. The first-order valence-electron chi connectivity index (χ1n) is 9.16. The van der Waals surface area contributed by atoms with Crippen LogP contribution in [0.25, 0.3) is 10.6 Å². The molecule has 1 aromatic heterocycles. The second-order valence-electron chi connectivity index (χ2n) is 6.68. The summed E-state index contributed by atoms with van der Waals surface area (Å²) in [5.74, 6) is -0.490. The van der Waals surface area contributed by atoms with Crippen LogP contribution in [0.3, 0.4) is 0 Å². The third-order valence-electron chi connectivity index (χ3n) is 4.42. The molecule has 10 heteroatoms. The smallest absolute Gasteiger partial charge is 0.250 e. The Balaban J connectivity index is 1.88. The molecule has 158 valence electrons. The third kappa shape index (κ3) is 4.97. The molecule has 0 aliphatic rings. The highest BCUT2D eigenvalue weighted by molar-refractivity contribution is 7.92. The molecule has 3 rings (SSSR count). The van der Waals surface area contributed by atoms with Crippen molar-refractivity contribution in [3.63, 3.8) is 0 Å². The molecule has 1 heterocycles. The maximum absolute atomic E-state index is 13.0. The number of aryl methyl sites for hydroxylation is 1. The molecule has 30 heavy (non-hydrogen) atoms. The van der Waals surface area contributed by atoms with E-state index in [1.807, 2.05) is 37.3 Å². The van der Waals surface area contributed by atoms with Gasteiger partial charge in [0, 0.05) is 10.6 Å². The second-order valence-corrected chi connectivity index (χ2v) is 9.93. The summed E-state index contributed by atoms with van der Waals surface area (Å²) in [7, 11) is -3.75. The number of anilines is 2. The van der Waals surface area contributed by atoms with Crippen LogP contribution in [0.15, 0.2) is 48.5 Å². The van der Waals surface area contributed by atoms with Crippen molar-refractivity contribution in [2.24, 2.45) is 0 Å². The normalized spacial score (nSPS) is 12.4. The molecule has 0 bridgehead atoms. The van der Waals surface area contributed by atoms with Gasteiger partial charge in [-0.05, 0) is 31.0 Å². The van der Waals surface area contributed by atoms with Crippen molar-refractivity contribution >= 4 is 49.7 Å². The largest absolute Gasteiger partial charge is 0.299 e. The van der Waals surface area contributed by atoms with Crippen molar-refractivity contribution in [2.75, 3.05) is 15.9 Å². The molecule has 0 unspecified atom stereocenters. The van der Waals surface area contributed by atoms with Gasteiger partial charge in [-0.15, -0.1) is 10.2 Å². The second kappa shape index (κ2) is 9.11. The predicted octanol–water partition coefficient (Wildman–Crippen LogP) is 4.35.